The molecule has 0 saturated carbocycles. The van der Waals surface area contributed by atoms with E-state index in [0.29, 0.717) is 28.8 Å². The number of hydrogen-bond donors (Lipinski definition) is 1. The first-order valence-electron chi connectivity index (χ1n) is 8.05. The average Bonchev–Trinajstić information content (AvgIpc) is 2.88. The summed E-state index contributed by atoms with van der Waals surface area (Å²) >= 11 is 0. The Hall–Kier alpha value is -2.74. The minimum Gasteiger partial charge on any atom is -0.338 e. The van der Waals surface area contributed by atoms with E-state index in [9.17, 15) is 8.42 Å². The number of benzene rings is 1. The van der Waals surface area contributed by atoms with Gasteiger partial charge in [-0.25, -0.2) is 18.4 Å². The molecule has 1 N–H and O–H groups in total. The largest absolute Gasteiger partial charge is 0.338 e. The van der Waals surface area contributed by atoms with Gasteiger partial charge in [-0.05, 0) is 50.1 Å². The standard InChI is InChI=1S/C18H20N4O3S/c1-11-5-6-15(26(4,23)24)9-14(11)10-17-19-8-7-16(20-17)21-18-12(2)13(3)22-25-18/h5-9H,10H2,1-4H3,(H,19,20,21). The summed E-state index contributed by atoms with van der Waals surface area (Å²) in [6.07, 6.45) is 3.28. The van der Waals surface area contributed by atoms with Gasteiger partial charge >= 0.3 is 0 Å². The quantitative estimate of drug-likeness (QED) is 0.734. The number of nitrogens with zero attached hydrogens (tertiary/aromatic N) is 3. The summed E-state index contributed by atoms with van der Waals surface area (Å²) in [5.41, 5.74) is 3.59. The predicted octanol–water partition coefficient (Wildman–Crippen LogP) is 3.13. The molecule has 0 amide bonds. The van der Waals surface area contributed by atoms with Gasteiger partial charge in [0.15, 0.2) is 9.84 Å². The lowest BCUT2D eigenvalue weighted by molar-refractivity contribution is 0.429. The van der Waals surface area contributed by atoms with Crippen LogP contribution in [0.5, 0.6) is 0 Å². The van der Waals surface area contributed by atoms with Gasteiger partial charge in [0.25, 0.3) is 0 Å². The van der Waals surface area contributed by atoms with Crippen molar-refractivity contribution in [1.29, 1.82) is 0 Å². The Bertz CT molecular complexity index is 1060. The van der Waals surface area contributed by atoms with Crippen LogP contribution in [0, 0.1) is 20.8 Å². The monoisotopic (exact) mass is 372 g/mol. The van der Waals surface area contributed by atoms with Crippen LogP contribution in [0.2, 0.25) is 0 Å². The maximum Gasteiger partial charge on any atom is 0.233 e. The van der Waals surface area contributed by atoms with Crippen molar-refractivity contribution in [2.45, 2.75) is 32.1 Å². The minimum atomic E-state index is -3.26. The normalized spacial score (nSPS) is 11.5. The van der Waals surface area contributed by atoms with Crippen molar-refractivity contribution in [3.63, 3.8) is 0 Å². The highest BCUT2D eigenvalue weighted by molar-refractivity contribution is 7.90. The second kappa shape index (κ2) is 6.87. The third kappa shape index (κ3) is 3.91. The predicted molar refractivity (Wildman–Crippen MR) is 98.4 cm³/mol. The smallest absolute Gasteiger partial charge is 0.233 e. The maximum atomic E-state index is 11.8. The molecular weight excluding hydrogens is 352 g/mol. The first-order valence-corrected chi connectivity index (χ1v) is 9.94. The van der Waals surface area contributed by atoms with Gasteiger partial charge < -0.3 is 9.84 Å². The number of aryl methyl sites for hydroxylation is 2. The molecule has 0 spiro atoms. The average molecular weight is 372 g/mol. The van der Waals surface area contributed by atoms with Crippen LogP contribution in [-0.2, 0) is 16.3 Å². The summed E-state index contributed by atoms with van der Waals surface area (Å²) in [5, 5.41) is 7.00. The van der Waals surface area contributed by atoms with Crippen LogP contribution in [0.4, 0.5) is 11.7 Å². The molecule has 0 radical (unpaired) electrons. The zero-order chi connectivity index (χ0) is 18.9. The minimum absolute atomic E-state index is 0.292. The highest BCUT2D eigenvalue weighted by atomic mass is 32.2. The lowest BCUT2D eigenvalue weighted by Gasteiger charge is -2.09. The van der Waals surface area contributed by atoms with Crippen molar-refractivity contribution in [2.24, 2.45) is 0 Å². The van der Waals surface area contributed by atoms with Gasteiger partial charge in [-0.15, -0.1) is 0 Å². The highest BCUT2D eigenvalue weighted by Crippen LogP contribution is 2.22. The van der Waals surface area contributed by atoms with Crippen LogP contribution >= 0.6 is 0 Å². The zero-order valence-electron chi connectivity index (χ0n) is 15.1. The number of aromatic nitrogens is 3. The van der Waals surface area contributed by atoms with Crippen molar-refractivity contribution < 1.29 is 12.9 Å². The van der Waals surface area contributed by atoms with Gasteiger partial charge in [0, 0.05) is 24.4 Å². The molecule has 26 heavy (non-hydrogen) atoms. The molecule has 7 nitrogen and oxygen atoms in total. The SMILES string of the molecule is Cc1ccc(S(C)(=O)=O)cc1Cc1nccc(Nc2onc(C)c2C)n1. The summed E-state index contributed by atoms with van der Waals surface area (Å²) in [6, 6.07) is 6.83. The second-order valence-corrected chi connectivity index (χ2v) is 8.26. The Balaban J connectivity index is 1.86. The van der Waals surface area contributed by atoms with E-state index in [2.05, 4.69) is 20.4 Å². The van der Waals surface area contributed by atoms with Gasteiger partial charge in [0.2, 0.25) is 5.88 Å². The van der Waals surface area contributed by atoms with Gasteiger partial charge in [-0.1, -0.05) is 11.2 Å². The molecule has 3 rings (SSSR count). The Morgan fingerprint density at radius 3 is 2.58 bits per heavy atom. The van der Waals surface area contributed by atoms with Crippen molar-refractivity contribution in [3.05, 3.63) is 58.7 Å². The molecule has 0 atom stereocenters. The third-order valence-electron chi connectivity index (χ3n) is 4.20. The van der Waals surface area contributed by atoms with Crippen LogP contribution in [0.15, 0.2) is 39.9 Å². The van der Waals surface area contributed by atoms with E-state index >= 15 is 0 Å². The fourth-order valence-corrected chi connectivity index (χ4v) is 3.11. The van der Waals surface area contributed by atoms with E-state index in [-0.39, 0.29) is 0 Å². The lowest BCUT2D eigenvalue weighted by Crippen LogP contribution is -2.04. The molecule has 0 aliphatic rings. The molecule has 0 fully saturated rings. The summed E-state index contributed by atoms with van der Waals surface area (Å²) in [6.45, 7) is 5.72. The number of hydrogen-bond acceptors (Lipinski definition) is 7. The van der Waals surface area contributed by atoms with Gasteiger partial charge in [-0.2, -0.15) is 0 Å². The molecule has 0 saturated heterocycles. The molecule has 2 aromatic heterocycles. The zero-order valence-corrected chi connectivity index (χ0v) is 15.9. The van der Waals surface area contributed by atoms with Gasteiger partial charge in [0.1, 0.15) is 11.6 Å². The fraction of sp³-hybridized carbons (Fsp3) is 0.278. The van der Waals surface area contributed by atoms with E-state index < -0.39 is 9.84 Å². The molecule has 8 heteroatoms. The molecule has 0 aliphatic carbocycles. The maximum absolute atomic E-state index is 11.8. The van der Waals surface area contributed by atoms with Crippen LogP contribution in [0.1, 0.15) is 28.2 Å². The van der Waals surface area contributed by atoms with Crippen LogP contribution in [-0.4, -0.2) is 29.8 Å². The van der Waals surface area contributed by atoms with Crippen molar-refractivity contribution in [2.75, 3.05) is 11.6 Å². The Morgan fingerprint density at radius 1 is 1.15 bits per heavy atom. The molecule has 0 unspecified atom stereocenters. The number of nitrogens with one attached hydrogen (secondary N) is 1. The Labute approximate surface area is 152 Å². The van der Waals surface area contributed by atoms with E-state index in [4.69, 9.17) is 4.52 Å². The van der Waals surface area contributed by atoms with Crippen molar-refractivity contribution in [3.8, 4) is 0 Å². The first-order chi connectivity index (χ1) is 12.2. The summed E-state index contributed by atoms with van der Waals surface area (Å²) in [4.78, 5) is 9.07. The first kappa shape index (κ1) is 18.1. The van der Waals surface area contributed by atoms with E-state index in [1.807, 2.05) is 20.8 Å². The highest BCUT2D eigenvalue weighted by Gasteiger charge is 2.12. The molecule has 3 aromatic rings. The van der Waals surface area contributed by atoms with E-state index in [0.717, 1.165) is 22.4 Å². The molecule has 0 bridgehead atoms. The Kier molecular flexibility index (Phi) is 4.78. The molecular formula is C18H20N4O3S. The van der Waals surface area contributed by atoms with Crippen molar-refractivity contribution in [1.82, 2.24) is 15.1 Å². The van der Waals surface area contributed by atoms with Crippen LogP contribution in [0.3, 0.4) is 0 Å². The van der Waals surface area contributed by atoms with Crippen LogP contribution in [0.25, 0.3) is 0 Å². The lowest BCUT2D eigenvalue weighted by atomic mass is 10.1. The molecule has 136 valence electrons. The summed E-state index contributed by atoms with van der Waals surface area (Å²) in [5.74, 6) is 1.71. The summed E-state index contributed by atoms with van der Waals surface area (Å²) in [7, 11) is -3.26. The molecule has 1 aromatic carbocycles. The molecule has 2 heterocycles. The van der Waals surface area contributed by atoms with Crippen LogP contribution < -0.4 is 5.32 Å². The molecule has 0 aliphatic heterocycles. The summed E-state index contributed by atoms with van der Waals surface area (Å²) < 4.78 is 28.8. The van der Waals surface area contributed by atoms with Gasteiger partial charge in [0.05, 0.1) is 10.6 Å². The number of rotatable bonds is 5. The Morgan fingerprint density at radius 2 is 1.92 bits per heavy atom. The number of sulfone groups is 1. The third-order valence-corrected chi connectivity index (χ3v) is 5.31. The van der Waals surface area contributed by atoms with Gasteiger partial charge in [-0.3, -0.25) is 0 Å². The number of anilines is 2. The van der Waals surface area contributed by atoms with E-state index in [1.165, 1.54) is 6.26 Å². The fourth-order valence-electron chi connectivity index (χ4n) is 2.44. The second-order valence-electron chi connectivity index (χ2n) is 6.24. The topological polar surface area (TPSA) is 98.0 Å². The van der Waals surface area contributed by atoms with Crippen molar-refractivity contribution >= 4 is 21.5 Å². The van der Waals surface area contributed by atoms with E-state index in [1.54, 1.807) is 30.5 Å².